The molecule has 4 N–H and O–H groups in total. The zero-order valence-electron chi connectivity index (χ0n) is 16.7. The summed E-state index contributed by atoms with van der Waals surface area (Å²) >= 11 is 6.08. The molecule has 11 heteroatoms. The lowest BCUT2D eigenvalue weighted by atomic mass is 10.1. The molecule has 0 aliphatic carbocycles. The highest BCUT2D eigenvalue weighted by Crippen LogP contribution is 2.32. The molecule has 0 bridgehead atoms. The van der Waals surface area contributed by atoms with E-state index in [1.807, 2.05) is 12.1 Å². The number of carbonyl (C=O) groups excluding carboxylic acids is 1. The fraction of sp³-hybridized carbons (Fsp3) is 0.250. The highest BCUT2D eigenvalue weighted by atomic mass is 35.5. The van der Waals surface area contributed by atoms with Crippen LogP contribution in [0.15, 0.2) is 41.0 Å². The molecule has 1 amide bonds. The topological polar surface area (TPSA) is 125 Å². The van der Waals surface area contributed by atoms with Crippen molar-refractivity contribution in [2.45, 2.75) is 13.2 Å². The van der Waals surface area contributed by atoms with E-state index in [0.29, 0.717) is 31.1 Å². The van der Waals surface area contributed by atoms with E-state index in [1.54, 1.807) is 12.1 Å². The second-order valence-corrected chi connectivity index (χ2v) is 6.78. The largest absolute Gasteiger partial charge is 0.493 e. The van der Waals surface area contributed by atoms with Gasteiger partial charge in [-0.15, -0.1) is 0 Å². The number of anilines is 1. The van der Waals surface area contributed by atoms with Crippen molar-refractivity contribution in [2.75, 3.05) is 25.9 Å². The molecule has 0 atom stereocenters. The molecule has 0 radical (unpaired) electrons. The molecule has 0 aliphatic heterocycles. The number of para-hydroxylation sites is 1. The van der Waals surface area contributed by atoms with E-state index in [1.165, 1.54) is 19.2 Å². The number of rotatable bonds is 10. The number of amides is 1. The van der Waals surface area contributed by atoms with Crippen molar-refractivity contribution < 1.29 is 23.3 Å². The molecule has 164 valence electrons. The summed E-state index contributed by atoms with van der Waals surface area (Å²) in [6.07, 6.45) is 0. The van der Waals surface area contributed by atoms with E-state index in [-0.39, 0.29) is 28.7 Å². The van der Waals surface area contributed by atoms with Crippen LogP contribution in [0.1, 0.15) is 21.6 Å². The van der Waals surface area contributed by atoms with E-state index in [2.05, 4.69) is 25.6 Å². The number of nitrogens with two attached hydrogens (primary N) is 1. The first-order valence-electron chi connectivity index (χ1n) is 9.29. The van der Waals surface area contributed by atoms with E-state index < -0.39 is 11.7 Å². The van der Waals surface area contributed by atoms with Crippen molar-refractivity contribution in [3.8, 4) is 11.5 Å². The van der Waals surface area contributed by atoms with Gasteiger partial charge in [-0.3, -0.25) is 4.79 Å². The molecule has 0 saturated carbocycles. The van der Waals surface area contributed by atoms with Gasteiger partial charge in [0.2, 0.25) is 11.5 Å². The molecule has 0 unspecified atom stereocenters. The maximum atomic E-state index is 14.1. The van der Waals surface area contributed by atoms with Gasteiger partial charge >= 0.3 is 0 Å². The molecule has 1 aromatic heterocycles. The predicted molar refractivity (Wildman–Crippen MR) is 111 cm³/mol. The lowest BCUT2D eigenvalue weighted by Gasteiger charge is -2.16. The Balaban J connectivity index is 1.57. The molecule has 2 aromatic carbocycles. The van der Waals surface area contributed by atoms with Crippen LogP contribution in [0.3, 0.4) is 0 Å². The van der Waals surface area contributed by atoms with Gasteiger partial charge in [-0.05, 0) is 28.5 Å². The van der Waals surface area contributed by atoms with E-state index in [4.69, 9.17) is 26.8 Å². The number of ether oxygens (including phenoxy) is 2. The molecule has 0 fully saturated rings. The number of hydrogen-bond acceptors (Lipinski definition) is 8. The van der Waals surface area contributed by atoms with Crippen LogP contribution in [0, 0.1) is 5.82 Å². The summed E-state index contributed by atoms with van der Waals surface area (Å²) in [5, 5.41) is 12.9. The van der Waals surface area contributed by atoms with E-state index in [9.17, 15) is 9.18 Å². The minimum absolute atomic E-state index is 0.0535. The van der Waals surface area contributed by atoms with Crippen LogP contribution in [0.4, 0.5) is 10.2 Å². The fourth-order valence-electron chi connectivity index (χ4n) is 2.76. The molecular formula is C20H21ClFN5O4. The van der Waals surface area contributed by atoms with Gasteiger partial charge < -0.3 is 25.8 Å². The first-order chi connectivity index (χ1) is 15.0. The van der Waals surface area contributed by atoms with Crippen molar-refractivity contribution in [2.24, 2.45) is 0 Å². The van der Waals surface area contributed by atoms with Gasteiger partial charge in [0.1, 0.15) is 12.4 Å². The third-order valence-corrected chi connectivity index (χ3v) is 4.69. The fourth-order valence-corrected chi connectivity index (χ4v) is 2.98. The Hall–Kier alpha value is -3.37. The van der Waals surface area contributed by atoms with Crippen LogP contribution in [-0.2, 0) is 13.2 Å². The molecule has 9 nitrogen and oxygen atoms in total. The summed E-state index contributed by atoms with van der Waals surface area (Å²) in [5.74, 6) is -0.0107. The van der Waals surface area contributed by atoms with Gasteiger partial charge in [0, 0.05) is 30.8 Å². The minimum atomic E-state index is -0.479. The maximum Gasteiger partial charge on any atom is 0.277 e. The Bertz CT molecular complexity index is 1030. The van der Waals surface area contributed by atoms with Crippen molar-refractivity contribution in [3.05, 3.63) is 64.1 Å². The molecule has 0 aliphatic rings. The van der Waals surface area contributed by atoms with Crippen molar-refractivity contribution in [1.82, 2.24) is 20.9 Å². The summed E-state index contributed by atoms with van der Waals surface area (Å²) in [7, 11) is 1.52. The van der Waals surface area contributed by atoms with Gasteiger partial charge in [0.25, 0.3) is 5.91 Å². The normalized spacial score (nSPS) is 10.7. The molecule has 1 heterocycles. The maximum absolute atomic E-state index is 14.1. The predicted octanol–water partition coefficient (Wildman–Crippen LogP) is 2.55. The van der Waals surface area contributed by atoms with Gasteiger partial charge in [-0.1, -0.05) is 29.8 Å². The van der Waals surface area contributed by atoms with E-state index in [0.717, 1.165) is 5.56 Å². The Labute approximate surface area is 182 Å². The monoisotopic (exact) mass is 449 g/mol. The molecule has 31 heavy (non-hydrogen) atoms. The summed E-state index contributed by atoms with van der Waals surface area (Å²) in [4.78, 5) is 11.9. The number of methoxy groups -OCH3 is 1. The Kier molecular flexibility index (Phi) is 7.63. The van der Waals surface area contributed by atoms with Gasteiger partial charge in [-0.2, -0.15) is 0 Å². The van der Waals surface area contributed by atoms with Crippen LogP contribution in [0.2, 0.25) is 5.02 Å². The lowest BCUT2D eigenvalue weighted by Crippen LogP contribution is -2.32. The Morgan fingerprint density at radius 1 is 1.23 bits per heavy atom. The first kappa shape index (κ1) is 22.3. The molecule has 0 saturated heterocycles. The number of nitrogens with zero attached hydrogens (tertiary/aromatic N) is 2. The average molecular weight is 450 g/mol. The number of aromatic nitrogens is 2. The van der Waals surface area contributed by atoms with Crippen LogP contribution >= 0.6 is 11.6 Å². The minimum Gasteiger partial charge on any atom is -0.493 e. The summed E-state index contributed by atoms with van der Waals surface area (Å²) in [6.45, 7) is 1.13. The zero-order chi connectivity index (χ0) is 22.2. The standard InChI is InChI=1S/C20H21ClFN5O4/c1-29-16-7-2-4-12(18(16)30-11-13-14(21)5-3-6-15(13)22)10-24-8-9-25-20(28)17-19(23)27-31-26-17/h2-7,24H,8-11H2,1H3,(H2,23,27)(H,25,28). The lowest BCUT2D eigenvalue weighted by molar-refractivity contribution is 0.0944. The van der Waals surface area contributed by atoms with Crippen LogP contribution in [0.5, 0.6) is 11.5 Å². The molecule has 0 spiro atoms. The van der Waals surface area contributed by atoms with Crippen molar-refractivity contribution in [3.63, 3.8) is 0 Å². The van der Waals surface area contributed by atoms with Crippen LogP contribution in [-0.4, -0.2) is 36.4 Å². The number of carbonyl (C=O) groups is 1. The third kappa shape index (κ3) is 5.62. The summed E-state index contributed by atoms with van der Waals surface area (Å²) in [6, 6.07) is 9.89. The quantitative estimate of drug-likeness (QED) is 0.403. The molecule has 3 aromatic rings. The summed E-state index contributed by atoms with van der Waals surface area (Å²) in [5.41, 5.74) is 6.48. The van der Waals surface area contributed by atoms with E-state index >= 15 is 0 Å². The van der Waals surface area contributed by atoms with Gasteiger partial charge in [-0.25, -0.2) is 9.02 Å². The number of nitrogens with one attached hydrogen (secondary N) is 2. The second-order valence-electron chi connectivity index (χ2n) is 6.37. The smallest absolute Gasteiger partial charge is 0.277 e. The third-order valence-electron chi connectivity index (χ3n) is 4.33. The van der Waals surface area contributed by atoms with Gasteiger partial charge in [0.15, 0.2) is 11.5 Å². The second kappa shape index (κ2) is 10.6. The average Bonchev–Trinajstić information content (AvgIpc) is 3.19. The van der Waals surface area contributed by atoms with Crippen LogP contribution in [0.25, 0.3) is 0 Å². The highest BCUT2D eigenvalue weighted by molar-refractivity contribution is 6.31. The van der Waals surface area contributed by atoms with Crippen LogP contribution < -0.4 is 25.8 Å². The highest BCUT2D eigenvalue weighted by Gasteiger charge is 2.16. The first-order valence-corrected chi connectivity index (χ1v) is 9.67. The van der Waals surface area contributed by atoms with Gasteiger partial charge in [0.05, 0.1) is 12.1 Å². The van der Waals surface area contributed by atoms with Crippen molar-refractivity contribution >= 4 is 23.3 Å². The Morgan fingerprint density at radius 3 is 2.74 bits per heavy atom. The number of halogens is 2. The molecular weight excluding hydrogens is 429 g/mol. The zero-order valence-corrected chi connectivity index (χ0v) is 17.4. The number of benzene rings is 2. The number of nitrogen functional groups attached to an aromatic ring is 1. The van der Waals surface area contributed by atoms with Crippen molar-refractivity contribution in [1.29, 1.82) is 0 Å². The Morgan fingerprint density at radius 2 is 2.03 bits per heavy atom. The SMILES string of the molecule is COc1cccc(CNCCNC(=O)c2nonc2N)c1OCc1c(F)cccc1Cl. The number of hydrogen-bond donors (Lipinski definition) is 3. The summed E-state index contributed by atoms with van der Waals surface area (Å²) < 4.78 is 29.7. The molecule has 3 rings (SSSR count).